The number of carbonyl (C=O) groups is 1. The molecule has 0 amide bonds. The van der Waals surface area contributed by atoms with Gasteiger partial charge in [-0.1, -0.05) is 16.4 Å². The first-order valence-corrected chi connectivity index (χ1v) is 3.83. The molecule has 0 aliphatic carbocycles. The third kappa shape index (κ3) is 2.65. The van der Waals surface area contributed by atoms with Crippen molar-refractivity contribution in [3.05, 3.63) is 5.01 Å². The van der Waals surface area contributed by atoms with Gasteiger partial charge >= 0.3 is 6.18 Å². The van der Waals surface area contributed by atoms with Crippen LogP contribution in [0.5, 0.6) is 5.19 Å². The van der Waals surface area contributed by atoms with E-state index in [9.17, 15) is 18.0 Å². The van der Waals surface area contributed by atoms with Crippen molar-refractivity contribution >= 4 is 17.6 Å². The molecular weight excluding hydrogens is 209 g/mol. The van der Waals surface area contributed by atoms with Gasteiger partial charge in [0.05, 0.1) is 0 Å². The first kappa shape index (κ1) is 9.90. The van der Waals surface area contributed by atoms with E-state index in [0.717, 1.165) is 0 Å². The number of ether oxygens (including phenoxy) is 1. The van der Waals surface area contributed by atoms with Crippen molar-refractivity contribution in [3.63, 3.8) is 0 Å². The summed E-state index contributed by atoms with van der Waals surface area (Å²) < 4.78 is 40.2. The zero-order valence-electron chi connectivity index (χ0n) is 6.04. The van der Waals surface area contributed by atoms with Gasteiger partial charge in [-0.2, -0.15) is 13.2 Å². The van der Waals surface area contributed by atoms with Crippen molar-refractivity contribution in [3.8, 4) is 5.19 Å². The normalized spacial score (nSPS) is 11.3. The molecular formula is C5H3F3N2O2S. The predicted molar refractivity (Wildman–Crippen MR) is 36.5 cm³/mol. The molecule has 0 unspecified atom stereocenters. The Bertz CT molecular complexity index is 298. The Kier molecular flexibility index (Phi) is 2.81. The molecule has 0 aliphatic rings. The summed E-state index contributed by atoms with van der Waals surface area (Å²) >= 11 is 0.251. The van der Waals surface area contributed by atoms with E-state index in [1.165, 1.54) is 0 Å². The number of rotatable bonds is 3. The number of halogens is 3. The average Bonchev–Trinajstić information content (AvgIpc) is 2.47. The van der Waals surface area contributed by atoms with E-state index in [1.807, 2.05) is 0 Å². The second-order valence-electron chi connectivity index (χ2n) is 1.85. The van der Waals surface area contributed by atoms with Gasteiger partial charge in [0, 0.05) is 0 Å². The van der Waals surface area contributed by atoms with Crippen molar-refractivity contribution in [1.29, 1.82) is 0 Å². The molecule has 1 aromatic heterocycles. The van der Waals surface area contributed by atoms with Crippen molar-refractivity contribution in [2.24, 2.45) is 0 Å². The minimum Gasteiger partial charge on any atom is -0.461 e. The zero-order valence-corrected chi connectivity index (χ0v) is 6.85. The van der Waals surface area contributed by atoms with Crippen LogP contribution in [0.4, 0.5) is 13.2 Å². The first-order chi connectivity index (χ1) is 6.04. The molecule has 0 aliphatic heterocycles. The minimum atomic E-state index is -4.51. The summed E-state index contributed by atoms with van der Waals surface area (Å²) in [5.41, 5.74) is 0. The second-order valence-corrected chi connectivity index (χ2v) is 2.79. The Morgan fingerprint density at radius 3 is 2.62 bits per heavy atom. The molecule has 1 heterocycles. The van der Waals surface area contributed by atoms with Gasteiger partial charge in [-0.3, -0.25) is 4.79 Å². The van der Waals surface area contributed by atoms with E-state index in [-0.39, 0.29) is 23.1 Å². The van der Waals surface area contributed by atoms with E-state index in [4.69, 9.17) is 0 Å². The largest absolute Gasteiger partial charge is 0.461 e. The number of aldehydes is 1. The predicted octanol–water partition coefficient (Wildman–Crippen LogP) is 1.13. The lowest BCUT2D eigenvalue weighted by Gasteiger charge is -1.97. The molecule has 0 saturated heterocycles. The number of aromatic nitrogens is 2. The summed E-state index contributed by atoms with van der Waals surface area (Å²) in [6.45, 7) is -0.327. The maximum Gasteiger partial charge on any atom is 0.445 e. The molecule has 0 aromatic carbocycles. The maximum atomic E-state index is 11.9. The van der Waals surface area contributed by atoms with Crippen LogP contribution in [0.3, 0.4) is 0 Å². The topological polar surface area (TPSA) is 52.1 Å². The Morgan fingerprint density at radius 1 is 1.46 bits per heavy atom. The van der Waals surface area contributed by atoms with Crippen LogP contribution < -0.4 is 4.74 Å². The van der Waals surface area contributed by atoms with Gasteiger partial charge < -0.3 is 4.74 Å². The van der Waals surface area contributed by atoms with Gasteiger partial charge in [0.2, 0.25) is 5.01 Å². The van der Waals surface area contributed by atoms with Crippen molar-refractivity contribution in [2.45, 2.75) is 6.18 Å². The van der Waals surface area contributed by atoms with E-state index >= 15 is 0 Å². The van der Waals surface area contributed by atoms with Crippen molar-refractivity contribution < 1.29 is 22.7 Å². The second kappa shape index (κ2) is 3.69. The number of nitrogens with zero attached hydrogens (tertiary/aromatic N) is 2. The van der Waals surface area contributed by atoms with Gasteiger partial charge in [0.1, 0.15) is 6.61 Å². The zero-order chi connectivity index (χ0) is 9.90. The van der Waals surface area contributed by atoms with E-state index < -0.39 is 11.2 Å². The van der Waals surface area contributed by atoms with Crippen LogP contribution in [0.25, 0.3) is 0 Å². The van der Waals surface area contributed by atoms with Gasteiger partial charge in [0.25, 0.3) is 5.19 Å². The van der Waals surface area contributed by atoms with E-state index in [2.05, 4.69) is 14.9 Å². The number of hydrogen-bond acceptors (Lipinski definition) is 5. The fraction of sp³-hybridized carbons (Fsp3) is 0.400. The van der Waals surface area contributed by atoms with E-state index in [0.29, 0.717) is 6.29 Å². The third-order valence-electron chi connectivity index (χ3n) is 0.924. The fourth-order valence-electron chi connectivity index (χ4n) is 0.488. The number of hydrogen-bond donors (Lipinski definition) is 0. The summed E-state index contributed by atoms with van der Waals surface area (Å²) in [4.78, 5) is 9.79. The fourth-order valence-corrected chi connectivity index (χ4v) is 1.06. The summed E-state index contributed by atoms with van der Waals surface area (Å²) in [6.07, 6.45) is -4.10. The van der Waals surface area contributed by atoms with Gasteiger partial charge in [-0.15, -0.1) is 5.10 Å². The highest BCUT2D eigenvalue weighted by Crippen LogP contribution is 2.33. The SMILES string of the molecule is O=CCOc1nnc(C(F)(F)F)s1. The average molecular weight is 212 g/mol. The molecule has 0 bridgehead atoms. The highest BCUT2D eigenvalue weighted by atomic mass is 32.1. The van der Waals surface area contributed by atoms with Crippen LogP contribution in [-0.2, 0) is 11.0 Å². The van der Waals surface area contributed by atoms with Gasteiger partial charge in [-0.25, -0.2) is 0 Å². The highest BCUT2D eigenvalue weighted by molar-refractivity contribution is 7.13. The van der Waals surface area contributed by atoms with Crippen LogP contribution in [0.2, 0.25) is 0 Å². The van der Waals surface area contributed by atoms with Crippen LogP contribution in [-0.4, -0.2) is 23.1 Å². The molecule has 0 saturated carbocycles. The molecule has 13 heavy (non-hydrogen) atoms. The lowest BCUT2D eigenvalue weighted by atomic mass is 10.7. The molecule has 0 atom stereocenters. The molecule has 0 N–H and O–H groups in total. The molecule has 0 radical (unpaired) electrons. The monoisotopic (exact) mass is 212 g/mol. The molecule has 72 valence electrons. The Hall–Kier alpha value is -1.18. The number of alkyl halides is 3. The molecule has 0 spiro atoms. The summed E-state index contributed by atoms with van der Waals surface area (Å²) in [5, 5.41) is 4.58. The summed E-state index contributed by atoms with van der Waals surface area (Å²) in [6, 6.07) is 0. The lowest BCUT2D eigenvalue weighted by molar-refractivity contribution is -0.138. The van der Waals surface area contributed by atoms with Crippen molar-refractivity contribution in [2.75, 3.05) is 6.61 Å². The minimum absolute atomic E-state index is 0.251. The van der Waals surface area contributed by atoms with Crippen LogP contribution in [0, 0.1) is 0 Å². The highest BCUT2D eigenvalue weighted by Gasteiger charge is 2.35. The smallest absolute Gasteiger partial charge is 0.445 e. The van der Waals surface area contributed by atoms with Crippen LogP contribution in [0.1, 0.15) is 5.01 Å². The van der Waals surface area contributed by atoms with Crippen LogP contribution >= 0.6 is 11.3 Å². The molecule has 4 nitrogen and oxygen atoms in total. The standard InChI is InChI=1S/C5H3F3N2O2S/c6-5(7,8)3-9-10-4(13-3)12-2-1-11/h1H,2H2. The van der Waals surface area contributed by atoms with Gasteiger partial charge in [-0.05, 0) is 0 Å². The Morgan fingerprint density at radius 2 is 2.15 bits per heavy atom. The number of carbonyl (C=O) groups excluding carboxylic acids is 1. The third-order valence-corrected chi connectivity index (χ3v) is 1.80. The van der Waals surface area contributed by atoms with E-state index in [1.54, 1.807) is 0 Å². The molecule has 0 fully saturated rings. The summed E-state index contributed by atoms with van der Waals surface area (Å²) in [7, 11) is 0. The lowest BCUT2D eigenvalue weighted by Crippen LogP contribution is -2.03. The van der Waals surface area contributed by atoms with Crippen LogP contribution in [0.15, 0.2) is 0 Å². The first-order valence-electron chi connectivity index (χ1n) is 3.01. The molecule has 1 rings (SSSR count). The Labute approximate surface area is 74.3 Å². The van der Waals surface area contributed by atoms with Gasteiger partial charge in [0.15, 0.2) is 6.29 Å². The molecule has 8 heteroatoms. The van der Waals surface area contributed by atoms with Crippen molar-refractivity contribution in [1.82, 2.24) is 10.2 Å². The molecule has 1 aromatic rings. The quantitative estimate of drug-likeness (QED) is 0.705. The maximum absolute atomic E-state index is 11.9. The summed E-state index contributed by atoms with van der Waals surface area (Å²) in [5.74, 6) is 0. The Balaban J connectivity index is 2.69.